The molecule has 1 aliphatic rings. The smallest absolute Gasteiger partial charge is 0.321 e. The lowest BCUT2D eigenvalue weighted by Gasteiger charge is -2.12. The first kappa shape index (κ1) is 15.4. The Bertz CT molecular complexity index is 481. The molecule has 1 saturated carbocycles. The Morgan fingerprint density at radius 3 is 2.86 bits per heavy atom. The normalized spacial score (nSPS) is 15.1. The van der Waals surface area contributed by atoms with Crippen molar-refractivity contribution in [3.8, 4) is 0 Å². The number of aryl methyl sites for hydroxylation is 1. The number of nitrogens with two attached hydrogens (primary N) is 1. The van der Waals surface area contributed by atoms with Crippen molar-refractivity contribution in [1.29, 1.82) is 0 Å². The zero-order chi connectivity index (χ0) is 15.1. The second-order valence-corrected chi connectivity index (χ2v) is 5.30. The Labute approximate surface area is 123 Å². The van der Waals surface area contributed by atoms with Crippen LogP contribution in [-0.4, -0.2) is 39.5 Å². The van der Waals surface area contributed by atoms with Gasteiger partial charge in [0.25, 0.3) is 0 Å². The molecular weight excluding hydrogens is 272 g/mol. The number of hydrogen-bond donors (Lipinski definition) is 3. The van der Waals surface area contributed by atoms with Crippen LogP contribution in [0.1, 0.15) is 37.8 Å². The van der Waals surface area contributed by atoms with Crippen LogP contribution in [0.4, 0.5) is 4.79 Å². The lowest BCUT2D eigenvalue weighted by Crippen LogP contribution is -2.44. The molecule has 21 heavy (non-hydrogen) atoms. The molecule has 1 heterocycles. The summed E-state index contributed by atoms with van der Waals surface area (Å²) >= 11 is 0. The molecule has 1 aliphatic carbocycles. The largest absolute Gasteiger partial charge is 0.335 e. The standard InChI is InChI=1S/C13H22N6O2/c14-7-3-6-11-8-19(18-17-11)9-12(20)16-13(21)15-10-4-1-2-5-10/h8,10H,1-7,9,14H2,(H2,15,16,20,21). The summed E-state index contributed by atoms with van der Waals surface area (Å²) in [6.07, 6.45) is 7.48. The summed E-state index contributed by atoms with van der Waals surface area (Å²) in [5.74, 6) is -0.402. The van der Waals surface area contributed by atoms with Crippen molar-refractivity contribution in [2.45, 2.75) is 51.1 Å². The van der Waals surface area contributed by atoms with Gasteiger partial charge < -0.3 is 11.1 Å². The highest BCUT2D eigenvalue weighted by atomic mass is 16.2. The molecule has 0 spiro atoms. The SMILES string of the molecule is NCCCc1cn(CC(=O)NC(=O)NC2CCCC2)nn1. The van der Waals surface area contributed by atoms with E-state index in [9.17, 15) is 9.59 Å². The van der Waals surface area contributed by atoms with Gasteiger partial charge in [-0.15, -0.1) is 5.10 Å². The van der Waals surface area contributed by atoms with E-state index in [2.05, 4.69) is 20.9 Å². The molecule has 8 nitrogen and oxygen atoms in total. The van der Waals surface area contributed by atoms with Gasteiger partial charge in [-0.3, -0.25) is 10.1 Å². The molecule has 1 aromatic rings. The van der Waals surface area contributed by atoms with Gasteiger partial charge in [-0.1, -0.05) is 18.1 Å². The maximum absolute atomic E-state index is 11.7. The third kappa shape index (κ3) is 5.14. The number of nitrogens with one attached hydrogen (secondary N) is 2. The van der Waals surface area contributed by atoms with Crippen LogP contribution in [-0.2, 0) is 17.8 Å². The fourth-order valence-electron chi connectivity index (χ4n) is 2.42. The number of rotatable bonds is 6. The molecule has 8 heteroatoms. The summed E-state index contributed by atoms with van der Waals surface area (Å²) in [6, 6.07) is -0.248. The van der Waals surface area contributed by atoms with Gasteiger partial charge in [0.15, 0.2) is 0 Å². The van der Waals surface area contributed by atoms with Crippen molar-refractivity contribution >= 4 is 11.9 Å². The molecule has 0 aliphatic heterocycles. The molecule has 0 aromatic carbocycles. The lowest BCUT2D eigenvalue weighted by molar-refractivity contribution is -0.120. The van der Waals surface area contributed by atoms with Gasteiger partial charge in [-0.05, 0) is 32.2 Å². The summed E-state index contributed by atoms with van der Waals surface area (Å²) in [5.41, 5.74) is 6.22. The molecule has 0 radical (unpaired) electrons. The first-order valence-corrected chi connectivity index (χ1v) is 7.37. The number of aromatic nitrogens is 3. The average molecular weight is 294 g/mol. The molecule has 116 valence electrons. The average Bonchev–Trinajstić information content (AvgIpc) is 3.08. The highest BCUT2D eigenvalue weighted by Crippen LogP contribution is 2.17. The summed E-state index contributed by atoms with van der Waals surface area (Å²) in [5, 5.41) is 12.9. The number of nitrogens with zero attached hydrogens (tertiary/aromatic N) is 3. The Kier molecular flexibility index (Phi) is 5.68. The maximum Gasteiger partial charge on any atom is 0.321 e. The third-order valence-electron chi connectivity index (χ3n) is 3.47. The van der Waals surface area contributed by atoms with Crippen LogP contribution in [0.5, 0.6) is 0 Å². The van der Waals surface area contributed by atoms with Crippen molar-refractivity contribution in [2.24, 2.45) is 5.73 Å². The topological polar surface area (TPSA) is 115 Å². The van der Waals surface area contributed by atoms with E-state index in [-0.39, 0.29) is 12.6 Å². The van der Waals surface area contributed by atoms with E-state index in [1.165, 1.54) is 4.68 Å². The Morgan fingerprint density at radius 1 is 1.38 bits per heavy atom. The molecule has 3 amide bonds. The van der Waals surface area contributed by atoms with E-state index in [0.717, 1.165) is 44.2 Å². The minimum absolute atomic E-state index is 0.0201. The van der Waals surface area contributed by atoms with Gasteiger partial charge in [-0.2, -0.15) is 0 Å². The Balaban J connectivity index is 1.73. The second-order valence-electron chi connectivity index (χ2n) is 5.30. The zero-order valence-electron chi connectivity index (χ0n) is 12.0. The number of urea groups is 1. The number of amides is 3. The van der Waals surface area contributed by atoms with Gasteiger partial charge in [0, 0.05) is 12.2 Å². The minimum atomic E-state index is -0.435. The monoisotopic (exact) mass is 294 g/mol. The lowest BCUT2D eigenvalue weighted by atomic mass is 10.2. The van der Waals surface area contributed by atoms with E-state index in [0.29, 0.717) is 6.54 Å². The van der Waals surface area contributed by atoms with Gasteiger partial charge in [-0.25, -0.2) is 9.48 Å². The summed E-state index contributed by atoms with van der Waals surface area (Å²) in [7, 11) is 0. The molecule has 0 bridgehead atoms. The van der Waals surface area contributed by atoms with Crippen LogP contribution in [0, 0.1) is 0 Å². The van der Waals surface area contributed by atoms with E-state index in [4.69, 9.17) is 5.73 Å². The zero-order valence-corrected chi connectivity index (χ0v) is 12.0. The Hall–Kier alpha value is -1.96. The molecule has 0 unspecified atom stereocenters. The van der Waals surface area contributed by atoms with Crippen molar-refractivity contribution in [3.05, 3.63) is 11.9 Å². The molecule has 1 aromatic heterocycles. The predicted octanol–water partition coefficient (Wildman–Crippen LogP) is -0.0622. The van der Waals surface area contributed by atoms with Crippen LogP contribution >= 0.6 is 0 Å². The Morgan fingerprint density at radius 2 is 2.14 bits per heavy atom. The highest BCUT2D eigenvalue weighted by Gasteiger charge is 2.18. The van der Waals surface area contributed by atoms with E-state index >= 15 is 0 Å². The predicted molar refractivity (Wildman–Crippen MR) is 76.3 cm³/mol. The molecule has 2 rings (SSSR count). The van der Waals surface area contributed by atoms with Crippen molar-refractivity contribution < 1.29 is 9.59 Å². The summed E-state index contributed by atoms with van der Waals surface area (Å²) < 4.78 is 1.42. The van der Waals surface area contributed by atoms with Crippen LogP contribution in [0.15, 0.2) is 6.20 Å². The van der Waals surface area contributed by atoms with E-state index in [1.54, 1.807) is 6.20 Å². The number of carbonyl (C=O) groups excluding carboxylic acids is 2. The van der Waals surface area contributed by atoms with Crippen molar-refractivity contribution in [2.75, 3.05) is 6.54 Å². The van der Waals surface area contributed by atoms with Gasteiger partial charge in [0.1, 0.15) is 6.54 Å². The first-order chi connectivity index (χ1) is 10.2. The number of carbonyl (C=O) groups is 2. The minimum Gasteiger partial charge on any atom is -0.335 e. The maximum atomic E-state index is 11.7. The van der Waals surface area contributed by atoms with Crippen LogP contribution in [0.25, 0.3) is 0 Å². The highest BCUT2D eigenvalue weighted by molar-refractivity contribution is 5.94. The van der Waals surface area contributed by atoms with Gasteiger partial charge in [0.2, 0.25) is 5.91 Å². The molecule has 0 atom stereocenters. The number of hydrogen-bond acceptors (Lipinski definition) is 5. The quantitative estimate of drug-likeness (QED) is 0.680. The van der Waals surface area contributed by atoms with Crippen molar-refractivity contribution in [3.63, 3.8) is 0 Å². The van der Waals surface area contributed by atoms with Crippen molar-refractivity contribution in [1.82, 2.24) is 25.6 Å². The third-order valence-corrected chi connectivity index (χ3v) is 3.47. The second kappa shape index (κ2) is 7.72. The molecule has 4 N–H and O–H groups in total. The van der Waals surface area contributed by atoms with Crippen LogP contribution < -0.4 is 16.4 Å². The molecule has 1 fully saturated rings. The van der Waals surface area contributed by atoms with Gasteiger partial charge >= 0.3 is 6.03 Å². The summed E-state index contributed by atoms with van der Waals surface area (Å²) in [6.45, 7) is 0.572. The van der Waals surface area contributed by atoms with Crippen LogP contribution in [0.2, 0.25) is 0 Å². The van der Waals surface area contributed by atoms with Gasteiger partial charge in [0.05, 0.1) is 5.69 Å². The van der Waals surface area contributed by atoms with Crippen LogP contribution in [0.3, 0.4) is 0 Å². The van der Waals surface area contributed by atoms with E-state index in [1.807, 2.05) is 0 Å². The molecule has 0 saturated heterocycles. The summed E-state index contributed by atoms with van der Waals surface area (Å²) in [4.78, 5) is 23.4. The van der Waals surface area contributed by atoms with E-state index < -0.39 is 11.9 Å². The number of imide groups is 1. The molecular formula is C13H22N6O2. The fraction of sp³-hybridized carbons (Fsp3) is 0.692. The first-order valence-electron chi connectivity index (χ1n) is 7.37. The fourth-order valence-corrected chi connectivity index (χ4v) is 2.42.